The molecule has 1 aromatic carbocycles. The third-order valence-electron chi connectivity index (χ3n) is 5.69. The van der Waals surface area contributed by atoms with Crippen molar-refractivity contribution in [2.45, 2.75) is 51.5 Å². The van der Waals surface area contributed by atoms with Crippen molar-refractivity contribution in [2.75, 3.05) is 30.8 Å². The average molecular weight is 536 g/mol. The molecular weight excluding hydrogens is 503 g/mol. The molecule has 0 saturated carbocycles. The Hall–Kier alpha value is -2.14. The zero-order chi connectivity index (χ0) is 26.2. The molecule has 2 saturated heterocycles. The molecule has 4 rings (SSSR count). The molecule has 36 heavy (non-hydrogen) atoms. The maximum atomic E-state index is 12.5. The van der Waals surface area contributed by atoms with Gasteiger partial charge in [-0.2, -0.15) is 4.98 Å². The normalized spacial score (nSPS) is 23.4. The second kappa shape index (κ2) is 12.9. The first-order chi connectivity index (χ1) is 17.9. The van der Waals surface area contributed by atoms with E-state index < -0.39 is 32.7 Å². The van der Waals surface area contributed by atoms with E-state index >= 15 is 0 Å². The molecule has 0 aliphatic carbocycles. The molecule has 1 amide bonds. The lowest BCUT2D eigenvalue weighted by molar-refractivity contribution is -0.114. The predicted molar refractivity (Wildman–Crippen MR) is 139 cm³/mol. The Morgan fingerprint density at radius 2 is 2.06 bits per heavy atom. The van der Waals surface area contributed by atoms with E-state index in [1.165, 1.54) is 35.5 Å². The summed E-state index contributed by atoms with van der Waals surface area (Å²) in [6.07, 6.45) is 2.39. The third kappa shape index (κ3) is 7.21. The van der Waals surface area contributed by atoms with E-state index in [0.717, 1.165) is 25.9 Å². The molecule has 2 aliphatic rings. The number of hydrogen-bond acceptors (Lipinski definition) is 9. The Bertz CT molecular complexity index is 1120. The molecule has 2 unspecified atom stereocenters. The van der Waals surface area contributed by atoms with Gasteiger partial charge in [-0.3, -0.25) is 14.2 Å². The highest BCUT2D eigenvalue weighted by Crippen LogP contribution is 2.49. The number of nitrogens with zero attached hydrogens (tertiary/aromatic N) is 3. The van der Waals surface area contributed by atoms with E-state index in [4.69, 9.17) is 15.2 Å². The standard InChI is InChI=1S/C24H31N4O6PS/c1-17-20(16-22(33-17)28-13-10-21(25-18(2)29)26-24(28)31)34-35(27-11-6-7-12-27)32-14-15-36-23(30)19-8-4-3-5-9-19/h3-5,8-10,13,17,20,22H,6-7,11-12,14-16H2,1-2H3,(H,25,26,29,31)/t17-,20?,22-,35?/m1/s1/i1D. The van der Waals surface area contributed by atoms with Crippen molar-refractivity contribution in [1.82, 2.24) is 14.2 Å². The number of ether oxygens (including phenoxy) is 1. The number of amides is 1. The summed E-state index contributed by atoms with van der Waals surface area (Å²) in [5.74, 6) is 0.352. The largest absolute Gasteiger partial charge is 0.352 e. The lowest BCUT2D eigenvalue weighted by Gasteiger charge is -2.28. The Balaban J connectivity index is 1.36. The zero-order valence-corrected chi connectivity index (χ0v) is 21.8. The summed E-state index contributed by atoms with van der Waals surface area (Å²) in [7, 11) is -1.41. The van der Waals surface area contributed by atoms with Crippen molar-refractivity contribution in [2.24, 2.45) is 0 Å². The molecule has 2 aromatic rings. The SMILES string of the molecule is [2H]C[C@H]1O[C@@H](n2ccc(NC(C)=O)nc2=O)CC1OP(OCCSC(=O)c1ccccc1)N1CCCC1. The molecule has 0 spiro atoms. The predicted octanol–water partition coefficient (Wildman–Crippen LogP) is 3.81. The number of thioether (sulfide) groups is 1. The van der Waals surface area contributed by atoms with Crippen molar-refractivity contribution in [3.05, 3.63) is 58.6 Å². The minimum atomic E-state index is -1.41. The summed E-state index contributed by atoms with van der Waals surface area (Å²) >= 11 is 1.21. The van der Waals surface area contributed by atoms with Crippen LogP contribution in [0.2, 0.25) is 0 Å². The Labute approximate surface area is 217 Å². The molecule has 3 heterocycles. The van der Waals surface area contributed by atoms with Crippen LogP contribution in [0.15, 0.2) is 47.4 Å². The van der Waals surface area contributed by atoms with Crippen molar-refractivity contribution >= 4 is 37.1 Å². The summed E-state index contributed by atoms with van der Waals surface area (Å²) in [6.45, 7) is 3.38. The number of carbonyl (C=O) groups is 2. The lowest BCUT2D eigenvalue weighted by Crippen LogP contribution is -2.27. The molecular formula is C24H31N4O6PS. The van der Waals surface area contributed by atoms with E-state index in [-0.39, 0.29) is 23.7 Å². The van der Waals surface area contributed by atoms with Crippen LogP contribution < -0.4 is 11.0 Å². The molecule has 1 N–H and O–H groups in total. The van der Waals surface area contributed by atoms with Gasteiger partial charge in [0.15, 0.2) is 0 Å². The number of carbonyl (C=O) groups excluding carboxylic acids is 2. The highest BCUT2D eigenvalue weighted by atomic mass is 32.2. The van der Waals surface area contributed by atoms with Crippen molar-refractivity contribution in [1.29, 1.82) is 0 Å². The van der Waals surface area contributed by atoms with Crippen LogP contribution in [0.3, 0.4) is 0 Å². The fraction of sp³-hybridized carbons (Fsp3) is 0.500. The van der Waals surface area contributed by atoms with Crippen molar-refractivity contribution in [3.63, 3.8) is 0 Å². The van der Waals surface area contributed by atoms with Gasteiger partial charge in [0, 0.05) is 45.3 Å². The highest BCUT2D eigenvalue weighted by molar-refractivity contribution is 8.14. The first-order valence-corrected chi connectivity index (χ1v) is 13.9. The molecule has 10 nitrogen and oxygen atoms in total. The number of aromatic nitrogens is 2. The van der Waals surface area contributed by atoms with Crippen LogP contribution in [-0.2, 0) is 18.6 Å². The molecule has 4 atom stereocenters. The van der Waals surface area contributed by atoms with Crippen LogP contribution in [0.1, 0.15) is 51.0 Å². The van der Waals surface area contributed by atoms with Crippen LogP contribution in [0.4, 0.5) is 5.82 Å². The maximum Gasteiger partial charge on any atom is 0.351 e. The van der Waals surface area contributed by atoms with Gasteiger partial charge in [-0.1, -0.05) is 42.1 Å². The summed E-state index contributed by atoms with van der Waals surface area (Å²) in [5, 5.41) is 2.49. The van der Waals surface area contributed by atoms with Gasteiger partial charge in [-0.15, -0.1) is 0 Å². The van der Waals surface area contributed by atoms with E-state index in [1.54, 1.807) is 12.1 Å². The Morgan fingerprint density at radius 1 is 1.28 bits per heavy atom. The van der Waals surface area contributed by atoms with Gasteiger partial charge in [0.2, 0.25) is 11.0 Å². The van der Waals surface area contributed by atoms with E-state index in [0.29, 0.717) is 24.3 Å². The summed E-state index contributed by atoms with van der Waals surface area (Å²) < 4.78 is 30.0. The molecule has 194 valence electrons. The van der Waals surface area contributed by atoms with Crippen LogP contribution in [0, 0.1) is 0 Å². The maximum absolute atomic E-state index is 12.5. The molecule has 2 aliphatic heterocycles. The summed E-state index contributed by atoms with van der Waals surface area (Å²) in [5.41, 5.74) is 0.103. The quantitative estimate of drug-likeness (QED) is 0.359. The summed E-state index contributed by atoms with van der Waals surface area (Å²) in [4.78, 5) is 40.0. The smallest absolute Gasteiger partial charge is 0.351 e. The fourth-order valence-corrected chi connectivity index (χ4v) is 6.38. The Morgan fingerprint density at radius 3 is 2.75 bits per heavy atom. The van der Waals surface area contributed by atoms with Crippen LogP contribution in [-0.4, -0.2) is 62.9 Å². The van der Waals surface area contributed by atoms with Gasteiger partial charge in [-0.25, -0.2) is 9.46 Å². The number of benzene rings is 1. The number of rotatable bonds is 10. The van der Waals surface area contributed by atoms with Gasteiger partial charge in [0.05, 0.1) is 18.8 Å². The second-order valence-corrected chi connectivity index (χ2v) is 11.0. The van der Waals surface area contributed by atoms with Crippen LogP contribution in [0.5, 0.6) is 0 Å². The first kappa shape index (κ1) is 25.5. The minimum Gasteiger partial charge on any atom is -0.352 e. The third-order valence-corrected chi connectivity index (χ3v) is 8.28. The van der Waals surface area contributed by atoms with Gasteiger partial charge in [0.1, 0.15) is 12.0 Å². The fourth-order valence-electron chi connectivity index (χ4n) is 3.93. The molecule has 2 fully saturated rings. The minimum absolute atomic E-state index is 0.000460. The molecule has 0 radical (unpaired) electrons. The van der Waals surface area contributed by atoms with Gasteiger partial charge in [-0.05, 0) is 25.8 Å². The highest BCUT2D eigenvalue weighted by Gasteiger charge is 2.38. The average Bonchev–Trinajstić information content (AvgIpc) is 3.56. The van der Waals surface area contributed by atoms with Crippen LogP contribution >= 0.6 is 20.3 Å². The topological polar surface area (TPSA) is 112 Å². The summed E-state index contributed by atoms with van der Waals surface area (Å²) in [6, 6.07) is 10.7. The Kier molecular flexibility index (Phi) is 9.14. The molecule has 12 heteroatoms. The molecule has 0 bridgehead atoms. The van der Waals surface area contributed by atoms with E-state index in [1.807, 2.05) is 18.2 Å². The molecule has 1 aromatic heterocycles. The van der Waals surface area contributed by atoms with Gasteiger partial charge >= 0.3 is 5.69 Å². The van der Waals surface area contributed by atoms with Gasteiger partial charge < -0.3 is 19.1 Å². The van der Waals surface area contributed by atoms with Crippen LogP contribution in [0.25, 0.3) is 0 Å². The van der Waals surface area contributed by atoms with E-state index in [2.05, 4.69) is 15.0 Å². The monoisotopic (exact) mass is 535 g/mol. The lowest BCUT2D eigenvalue weighted by atomic mass is 10.2. The van der Waals surface area contributed by atoms with E-state index in [9.17, 15) is 14.4 Å². The zero-order valence-electron chi connectivity index (χ0n) is 21.1. The second-order valence-electron chi connectivity index (χ2n) is 8.43. The number of hydrogen-bond donors (Lipinski definition) is 1. The van der Waals surface area contributed by atoms with Crippen molar-refractivity contribution in [3.8, 4) is 0 Å². The van der Waals surface area contributed by atoms with Gasteiger partial charge in [0.25, 0.3) is 8.53 Å². The van der Waals surface area contributed by atoms with Crippen molar-refractivity contribution < 1.29 is 24.7 Å². The number of anilines is 1. The first-order valence-electron chi connectivity index (χ1n) is 12.5. The number of nitrogens with one attached hydrogen (secondary N) is 1.